The van der Waals surface area contributed by atoms with Crippen molar-refractivity contribution in [2.24, 2.45) is 5.92 Å². The van der Waals surface area contributed by atoms with Gasteiger partial charge in [0.05, 0.1) is 24.0 Å². The maximum atomic E-state index is 12.0. The van der Waals surface area contributed by atoms with E-state index in [0.29, 0.717) is 19.5 Å². The molecular formula is C20H21N3O5. The highest BCUT2D eigenvalue weighted by Gasteiger charge is 2.42. The van der Waals surface area contributed by atoms with Crippen molar-refractivity contribution in [3.8, 4) is 5.75 Å². The molecule has 2 unspecified atom stereocenters. The number of rotatable bonds is 4. The molecule has 146 valence electrons. The average molecular weight is 383 g/mol. The summed E-state index contributed by atoms with van der Waals surface area (Å²) in [5.74, 6) is -0.710. The van der Waals surface area contributed by atoms with Gasteiger partial charge in [-0.05, 0) is 42.3 Å². The van der Waals surface area contributed by atoms with Crippen LogP contribution in [0.4, 0.5) is 17.1 Å². The van der Waals surface area contributed by atoms with Crippen LogP contribution >= 0.6 is 0 Å². The number of nitrogens with zero attached hydrogens (tertiary/aromatic N) is 3. The van der Waals surface area contributed by atoms with Gasteiger partial charge < -0.3 is 19.6 Å². The summed E-state index contributed by atoms with van der Waals surface area (Å²) >= 11 is 0. The van der Waals surface area contributed by atoms with Crippen molar-refractivity contribution in [3.05, 3.63) is 58.1 Å². The topological polar surface area (TPSA) is 96.1 Å². The Kier molecular flexibility index (Phi) is 4.54. The van der Waals surface area contributed by atoms with Crippen molar-refractivity contribution >= 4 is 23.0 Å². The maximum Gasteiger partial charge on any atom is 0.309 e. The molecule has 1 N–H and O–H groups in total. The van der Waals surface area contributed by atoms with Gasteiger partial charge >= 0.3 is 5.97 Å². The molecule has 2 aliphatic heterocycles. The van der Waals surface area contributed by atoms with Gasteiger partial charge in [-0.25, -0.2) is 0 Å². The van der Waals surface area contributed by atoms with E-state index >= 15 is 0 Å². The van der Waals surface area contributed by atoms with Crippen molar-refractivity contribution in [1.29, 1.82) is 0 Å². The number of hydrogen-bond acceptors (Lipinski definition) is 6. The Morgan fingerprint density at radius 2 is 1.96 bits per heavy atom. The molecule has 8 nitrogen and oxygen atoms in total. The van der Waals surface area contributed by atoms with Gasteiger partial charge in [0, 0.05) is 43.1 Å². The SMILES string of the molecule is COc1ccc(N2CCN3c4ccc([N+](=O)[O-])cc4CC(C(=O)O)C3C2)cc1. The van der Waals surface area contributed by atoms with Crippen molar-refractivity contribution in [1.82, 2.24) is 0 Å². The second-order valence-corrected chi connectivity index (χ2v) is 7.12. The average Bonchev–Trinajstić information content (AvgIpc) is 2.72. The van der Waals surface area contributed by atoms with Crippen LogP contribution in [0.1, 0.15) is 5.56 Å². The summed E-state index contributed by atoms with van der Waals surface area (Å²) in [7, 11) is 1.62. The Bertz CT molecular complexity index is 915. The molecule has 0 spiro atoms. The van der Waals surface area contributed by atoms with Gasteiger partial charge in [0.15, 0.2) is 0 Å². The number of carbonyl (C=O) groups is 1. The van der Waals surface area contributed by atoms with Crippen LogP contribution in [-0.2, 0) is 11.2 Å². The first kappa shape index (κ1) is 18.1. The van der Waals surface area contributed by atoms with Gasteiger partial charge in [0.2, 0.25) is 0 Å². The van der Waals surface area contributed by atoms with E-state index < -0.39 is 16.8 Å². The maximum absolute atomic E-state index is 12.0. The Hall–Kier alpha value is -3.29. The molecule has 2 heterocycles. The lowest BCUT2D eigenvalue weighted by Crippen LogP contribution is -2.60. The largest absolute Gasteiger partial charge is 0.497 e. The van der Waals surface area contributed by atoms with Gasteiger partial charge in [0.25, 0.3) is 5.69 Å². The molecule has 4 rings (SSSR count). The number of nitro groups is 1. The smallest absolute Gasteiger partial charge is 0.309 e. The molecule has 0 radical (unpaired) electrons. The minimum atomic E-state index is -0.872. The molecule has 0 saturated carbocycles. The molecule has 2 aromatic carbocycles. The van der Waals surface area contributed by atoms with Crippen LogP contribution in [0, 0.1) is 16.0 Å². The Labute approximate surface area is 162 Å². The lowest BCUT2D eigenvalue weighted by Gasteiger charge is -2.49. The summed E-state index contributed by atoms with van der Waals surface area (Å²) in [6, 6.07) is 12.3. The van der Waals surface area contributed by atoms with Crippen molar-refractivity contribution in [3.63, 3.8) is 0 Å². The zero-order valence-electron chi connectivity index (χ0n) is 15.4. The van der Waals surface area contributed by atoms with Crippen molar-refractivity contribution < 1.29 is 19.6 Å². The van der Waals surface area contributed by atoms with Crippen molar-refractivity contribution in [2.45, 2.75) is 12.5 Å². The first-order valence-electron chi connectivity index (χ1n) is 9.13. The fraction of sp³-hybridized carbons (Fsp3) is 0.350. The fourth-order valence-electron chi connectivity index (χ4n) is 4.24. The van der Waals surface area contributed by atoms with Gasteiger partial charge in [-0.15, -0.1) is 0 Å². The van der Waals surface area contributed by atoms with Gasteiger partial charge in [-0.1, -0.05) is 0 Å². The number of anilines is 2. The number of benzene rings is 2. The van der Waals surface area contributed by atoms with Crippen LogP contribution < -0.4 is 14.5 Å². The molecule has 1 saturated heterocycles. The zero-order valence-corrected chi connectivity index (χ0v) is 15.4. The van der Waals surface area contributed by atoms with Crippen LogP contribution in [0.5, 0.6) is 5.75 Å². The number of non-ortho nitro benzene ring substituents is 1. The van der Waals surface area contributed by atoms with Crippen LogP contribution in [0.15, 0.2) is 42.5 Å². The molecule has 0 aliphatic carbocycles. The summed E-state index contributed by atoms with van der Waals surface area (Å²) in [5.41, 5.74) is 2.66. The number of nitro benzene ring substituents is 1. The molecule has 2 aromatic rings. The molecule has 1 fully saturated rings. The van der Waals surface area contributed by atoms with Crippen LogP contribution in [0.3, 0.4) is 0 Å². The third-order valence-corrected chi connectivity index (χ3v) is 5.66. The molecule has 2 aliphatic rings. The summed E-state index contributed by atoms with van der Waals surface area (Å²) in [6.07, 6.45) is 0.296. The number of piperazine rings is 1. The molecule has 2 atom stereocenters. The minimum absolute atomic E-state index is 0.00166. The highest BCUT2D eigenvalue weighted by molar-refractivity contribution is 5.76. The second-order valence-electron chi connectivity index (χ2n) is 7.12. The zero-order chi connectivity index (χ0) is 19.8. The molecule has 0 aromatic heterocycles. The molecule has 28 heavy (non-hydrogen) atoms. The number of hydrogen-bond donors (Lipinski definition) is 1. The molecule has 0 bridgehead atoms. The summed E-state index contributed by atoms with van der Waals surface area (Å²) in [5, 5.41) is 20.9. The fourth-order valence-corrected chi connectivity index (χ4v) is 4.24. The van der Waals surface area contributed by atoms with E-state index in [4.69, 9.17) is 4.74 Å². The molecule has 0 amide bonds. The highest BCUT2D eigenvalue weighted by Crippen LogP contribution is 2.38. The number of carboxylic acids is 1. The Morgan fingerprint density at radius 3 is 2.61 bits per heavy atom. The summed E-state index contributed by atoms with van der Waals surface area (Å²) < 4.78 is 5.20. The number of methoxy groups -OCH3 is 1. The predicted octanol–water partition coefficient (Wildman–Crippen LogP) is 2.56. The van der Waals surface area contributed by atoms with E-state index in [1.807, 2.05) is 24.3 Å². The monoisotopic (exact) mass is 383 g/mol. The lowest BCUT2D eigenvalue weighted by molar-refractivity contribution is -0.384. The van der Waals surface area contributed by atoms with E-state index in [2.05, 4.69) is 9.80 Å². The van der Waals surface area contributed by atoms with Gasteiger partial charge in [0.1, 0.15) is 5.75 Å². The first-order valence-corrected chi connectivity index (χ1v) is 9.13. The number of fused-ring (bicyclic) bond motifs is 3. The Morgan fingerprint density at radius 1 is 1.21 bits per heavy atom. The van der Waals surface area contributed by atoms with E-state index in [9.17, 15) is 20.0 Å². The minimum Gasteiger partial charge on any atom is -0.497 e. The van der Waals surface area contributed by atoms with Gasteiger partial charge in [-0.3, -0.25) is 14.9 Å². The quantitative estimate of drug-likeness (QED) is 0.640. The molecule has 8 heteroatoms. The number of aliphatic carboxylic acids is 1. The van der Waals surface area contributed by atoms with Crippen LogP contribution in [0.2, 0.25) is 0 Å². The van der Waals surface area contributed by atoms with Crippen LogP contribution in [0.25, 0.3) is 0 Å². The van der Waals surface area contributed by atoms with E-state index in [0.717, 1.165) is 29.2 Å². The highest BCUT2D eigenvalue weighted by atomic mass is 16.6. The number of carboxylic acid groups (broad SMARTS) is 1. The standard InChI is InChI=1S/C20H21N3O5/c1-28-16-5-2-14(3-6-16)21-8-9-22-18-7-4-15(23(26)27)10-13(18)11-17(20(24)25)19(22)12-21/h2-7,10,17,19H,8-9,11-12H2,1H3,(H,24,25). The van der Waals surface area contributed by atoms with E-state index in [1.54, 1.807) is 13.2 Å². The van der Waals surface area contributed by atoms with E-state index in [1.165, 1.54) is 12.1 Å². The normalized spacial score (nSPS) is 20.9. The first-order chi connectivity index (χ1) is 13.5. The predicted molar refractivity (Wildman–Crippen MR) is 104 cm³/mol. The van der Waals surface area contributed by atoms with E-state index in [-0.39, 0.29) is 11.7 Å². The van der Waals surface area contributed by atoms with Crippen molar-refractivity contribution in [2.75, 3.05) is 36.5 Å². The van der Waals surface area contributed by atoms with Crippen LogP contribution in [-0.4, -0.2) is 48.8 Å². The summed E-state index contributed by atoms with van der Waals surface area (Å²) in [6.45, 7) is 1.98. The Balaban J connectivity index is 1.64. The lowest BCUT2D eigenvalue weighted by atomic mass is 9.83. The van der Waals surface area contributed by atoms with Gasteiger partial charge in [-0.2, -0.15) is 0 Å². The molecular weight excluding hydrogens is 362 g/mol. The second kappa shape index (κ2) is 7.03. The number of ether oxygens (including phenoxy) is 1. The summed E-state index contributed by atoms with van der Waals surface area (Å²) in [4.78, 5) is 26.9. The third-order valence-electron chi connectivity index (χ3n) is 5.66. The third kappa shape index (κ3) is 3.11.